The van der Waals surface area contributed by atoms with Crippen LogP contribution in [-0.2, 0) is 5.41 Å². The van der Waals surface area contributed by atoms with Gasteiger partial charge in [-0.15, -0.1) is 0 Å². The van der Waals surface area contributed by atoms with Gasteiger partial charge < -0.3 is 4.42 Å². The summed E-state index contributed by atoms with van der Waals surface area (Å²) in [6, 6.07) is 31.7. The van der Waals surface area contributed by atoms with Crippen molar-refractivity contribution in [1.82, 2.24) is 9.97 Å². The van der Waals surface area contributed by atoms with Gasteiger partial charge in [0.2, 0.25) is 0 Å². The van der Waals surface area contributed by atoms with Crippen molar-refractivity contribution in [3.63, 3.8) is 0 Å². The number of hydrogen-bond acceptors (Lipinski definition) is 3. The van der Waals surface area contributed by atoms with Crippen LogP contribution in [0.2, 0.25) is 0 Å². The SMILES string of the molecule is CC(C)(C)c1cnc(-c2cccc3c2oc2c(-c4ccc(-c5ccccc5)cc4)cccc23)cn1. The van der Waals surface area contributed by atoms with Gasteiger partial charge in [0.15, 0.2) is 0 Å². The van der Waals surface area contributed by atoms with Crippen molar-refractivity contribution in [2.45, 2.75) is 26.2 Å². The zero-order valence-corrected chi connectivity index (χ0v) is 20.1. The van der Waals surface area contributed by atoms with Crippen molar-refractivity contribution in [2.75, 3.05) is 0 Å². The summed E-state index contributed by atoms with van der Waals surface area (Å²) in [4.78, 5) is 9.41. The van der Waals surface area contributed by atoms with Gasteiger partial charge >= 0.3 is 0 Å². The number of aromatic nitrogens is 2. The van der Waals surface area contributed by atoms with Crippen molar-refractivity contribution >= 4 is 21.9 Å². The lowest BCUT2D eigenvalue weighted by Crippen LogP contribution is -2.13. The summed E-state index contributed by atoms with van der Waals surface area (Å²) in [6.45, 7) is 6.43. The molecule has 0 aliphatic heterocycles. The second kappa shape index (κ2) is 8.21. The van der Waals surface area contributed by atoms with E-state index in [1.807, 2.05) is 18.5 Å². The molecule has 0 fully saturated rings. The average molecular weight is 455 g/mol. The molecule has 0 bridgehead atoms. The van der Waals surface area contributed by atoms with Crippen LogP contribution in [0.3, 0.4) is 0 Å². The van der Waals surface area contributed by atoms with E-state index in [0.29, 0.717) is 0 Å². The molecule has 35 heavy (non-hydrogen) atoms. The molecule has 6 aromatic rings. The molecule has 0 N–H and O–H groups in total. The molecule has 6 rings (SSSR count). The third kappa shape index (κ3) is 3.79. The Hall–Kier alpha value is -4.24. The van der Waals surface area contributed by atoms with Crippen molar-refractivity contribution in [3.05, 3.63) is 109 Å². The maximum atomic E-state index is 6.57. The second-order valence-electron chi connectivity index (χ2n) is 9.95. The molecule has 4 aromatic carbocycles. The van der Waals surface area contributed by atoms with Crippen LogP contribution < -0.4 is 0 Å². The molecule has 0 saturated heterocycles. The van der Waals surface area contributed by atoms with Crippen molar-refractivity contribution in [2.24, 2.45) is 0 Å². The molecule has 0 aliphatic rings. The number of hydrogen-bond donors (Lipinski definition) is 0. The molecule has 0 unspecified atom stereocenters. The molecule has 3 nitrogen and oxygen atoms in total. The lowest BCUT2D eigenvalue weighted by Gasteiger charge is -2.16. The van der Waals surface area contributed by atoms with E-state index in [1.54, 1.807) is 0 Å². The Kier molecular flexibility index (Phi) is 5.00. The van der Waals surface area contributed by atoms with Crippen molar-refractivity contribution in [3.8, 4) is 33.5 Å². The number of furan rings is 1. The van der Waals surface area contributed by atoms with Gasteiger partial charge in [-0.1, -0.05) is 106 Å². The molecule has 2 aromatic heterocycles. The molecular weight excluding hydrogens is 428 g/mol. The zero-order chi connectivity index (χ0) is 24.0. The van der Waals surface area contributed by atoms with Gasteiger partial charge in [-0.2, -0.15) is 0 Å². The summed E-state index contributed by atoms with van der Waals surface area (Å²) in [5.41, 5.74) is 9.06. The van der Waals surface area contributed by atoms with E-state index in [1.165, 1.54) is 11.1 Å². The normalized spacial score (nSPS) is 11.9. The first-order valence-electron chi connectivity index (χ1n) is 11.9. The minimum atomic E-state index is -0.0398. The lowest BCUT2D eigenvalue weighted by molar-refractivity contribution is 0.566. The minimum Gasteiger partial charge on any atom is -0.455 e. The topological polar surface area (TPSA) is 38.9 Å². The Balaban J connectivity index is 1.46. The summed E-state index contributed by atoms with van der Waals surface area (Å²) in [6.07, 6.45) is 3.72. The summed E-state index contributed by atoms with van der Waals surface area (Å²) in [7, 11) is 0. The second-order valence-corrected chi connectivity index (χ2v) is 9.95. The van der Waals surface area contributed by atoms with Crippen LogP contribution in [0, 0.1) is 0 Å². The molecule has 0 amide bonds. The molecule has 0 aliphatic carbocycles. The highest BCUT2D eigenvalue weighted by atomic mass is 16.3. The van der Waals surface area contributed by atoms with E-state index in [4.69, 9.17) is 9.40 Å². The first-order chi connectivity index (χ1) is 17.0. The van der Waals surface area contributed by atoms with E-state index in [0.717, 1.165) is 50.0 Å². The van der Waals surface area contributed by atoms with Crippen LogP contribution in [0.15, 0.2) is 108 Å². The largest absolute Gasteiger partial charge is 0.455 e. The Bertz CT molecular complexity index is 1640. The van der Waals surface area contributed by atoms with Gasteiger partial charge in [0, 0.05) is 33.5 Å². The van der Waals surface area contributed by atoms with Crippen LogP contribution in [0.1, 0.15) is 26.5 Å². The smallest absolute Gasteiger partial charge is 0.144 e. The van der Waals surface area contributed by atoms with Crippen LogP contribution in [0.4, 0.5) is 0 Å². The predicted octanol–water partition coefficient (Wildman–Crippen LogP) is 8.67. The minimum absolute atomic E-state index is 0.0398. The molecule has 0 atom stereocenters. The fourth-order valence-corrected chi connectivity index (χ4v) is 4.58. The Morgan fingerprint density at radius 2 is 1.14 bits per heavy atom. The summed E-state index contributed by atoms with van der Waals surface area (Å²) >= 11 is 0. The molecular formula is C32H26N2O. The van der Waals surface area contributed by atoms with E-state index >= 15 is 0 Å². The van der Waals surface area contributed by atoms with Crippen LogP contribution in [-0.4, -0.2) is 9.97 Å². The van der Waals surface area contributed by atoms with E-state index in [-0.39, 0.29) is 5.41 Å². The maximum absolute atomic E-state index is 6.57. The molecule has 0 radical (unpaired) electrons. The van der Waals surface area contributed by atoms with Crippen molar-refractivity contribution in [1.29, 1.82) is 0 Å². The van der Waals surface area contributed by atoms with Gasteiger partial charge in [0.05, 0.1) is 17.6 Å². The monoisotopic (exact) mass is 454 g/mol. The Labute approximate surface area is 205 Å². The average Bonchev–Trinajstić information content (AvgIpc) is 3.28. The summed E-state index contributed by atoms with van der Waals surface area (Å²) in [5.74, 6) is 0. The van der Waals surface area contributed by atoms with Crippen LogP contribution in [0.5, 0.6) is 0 Å². The molecule has 2 heterocycles. The molecule has 170 valence electrons. The summed E-state index contributed by atoms with van der Waals surface area (Å²) < 4.78 is 6.57. The van der Waals surface area contributed by atoms with Gasteiger partial charge in [-0.3, -0.25) is 9.97 Å². The van der Waals surface area contributed by atoms with Gasteiger partial charge in [-0.05, 0) is 22.8 Å². The Morgan fingerprint density at radius 3 is 1.77 bits per heavy atom. The number of rotatable bonds is 3. The van der Waals surface area contributed by atoms with E-state index < -0.39 is 0 Å². The Morgan fingerprint density at radius 1 is 0.543 bits per heavy atom. The van der Waals surface area contributed by atoms with Crippen LogP contribution in [0.25, 0.3) is 55.4 Å². The number of nitrogens with zero attached hydrogens (tertiary/aromatic N) is 2. The van der Waals surface area contributed by atoms with Gasteiger partial charge in [-0.25, -0.2) is 0 Å². The first kappa shape index (κ1) is 21.3. The van der Waals surface area contributed by atoms with Crippen molar-refractivity contribution < 1.29 is 4.42 Å². The number of para-hydroxylation sites is 2. The van der Waals surface area contributed by atoms with Crippen LogP contribution >= 0.6 is 0 Å². The van der Waals surface area contributed by atoms with Gasteiger partial charge in [0.1, 0.15) is 11.2 Å². The highest BCUT2D eigenvalue weighted by Crippen LogP contribution is 2.39. The van der Waals surface area contributed by atoms with Gasteiger partial charge in [0.25, 0.3) is 0 Å². The number of benzene rings is 4. The first-order valence-corrected chi connectivity index (χ1v) is 11.9. The summed E-state index contributed by atoms with van der Waals surface area (Å²) in [5, 5.41) is 2.19. The fourth-order valence-electron chi connectivity index (χ4n) is 4.58. The number of fused-ring (bicyclic) bond motifs is 3. The van der Waals surface area contributed by atoms with E-state index in [2.05, 4.69) is 111 Å². The molecule has 0 saturated carbocycles. The zero-order valence-electron chi connectivity index (χ0n) is 20.1. The quantitative estimate of drug-likeness (QED) is 0.268. The lowest BCUT2D eigenvalue weighted by atomic mass is 9.92. The fraction of sp³-hybridized carbons (Fsp3) is 0.125. The predicted molar refractivity (Wildman–Crippen MR) is 144 cm³/mol. The highest BCUT2D eigenvalue weighted by Gasteiger charge is 2.18. The molecule has 0 spiro atoms. The third-order valence-electron chi connectivity index (χ3n) is 6.52. The highest BCUT2D eigenvalue weighted by molar-refractivity contribution is 6.12. The van der Waals surface area contributed by atoms with E-state index in [9.17, 15) is 0 Å². The standard InChI is InChI=1S/C32H26N2O/c1-32(2,3)29-20-33-28(19-34-29)27-14-8-13-26-25-12-7-11-24(30(25)35-31(26)27)23-17-15-22(16-18-23)21-9-5-4-6-10-21/h4-20H,1-3H3. The maximum Gasteiger partial charge on any atom is 0.144 e. The molecule has 3 heteroatoms. The third-order valence-corrected chi connectivity index (χ3v) is 6.52.